The number of carbonyl (C=O) groups is 3. The van der Waals surface area contributed by atoms with E-state index in [1.165, 1.54) is 6.92 Å². The summed E-state index contributed by atoms with van der Waals surface area (Å²) in [5.74, 6) is -1.26. The third kappa shape index (κ3) is 4.71. The first kappa shape index (κ1) is 19.0. The van der Waals surface area contributed by atoms with Gasteiger partial charge in [-0.15, -0.1) is 0 Å². The summed E-state index contributed by atoms with van der Waals surface area (Å²) >= 11 is 0. The maximum atomic E-state index is 12.2. The number of nitrogens with one attached hydrogen (secondary N) is 1. The minimum atomic E-state index is -0.588. The third-order valence-electron chi connectivity index (χ3n) is 4.14. The Bertz CT molecular complexity index is 995. The second-order valence-corrected chi connectivity index (χ2v) is 6.17. The number of Topliss-reactive ketones (excluding diaryl/α,β-unsaturated/α-hetero) is 1. The number of benzene rings is 3. The van der Waals surface area contributed by atoms with Crippen LogP contribution in [0.5, 0.6) is 0 Å². The zero-order valence-electron chi connectivity index (χ0n) is 15.3. The van der Waals surface area contributed by atoms with Crippen LogP contribution in [0.2, 0.25) is 0 Å². The summed E-state index contributed by atoms with van der Waals surface area (Å²) in [6.07, 6.45) is 0. The molecule has 1 amide bonds. The van der Waals surface area contributed by atoms with Gasteiger partial charge in [-0.05, 0) is 42.3 Å². The standard InChI is InChI=1S/C23H19NO4/c1-16(25)20-9-5-6-10-21(20)24-22(26)15-28-23(27)19-13-11-18(12-14-19)17-7-3-2-4-8-17/h2-14H,15H2,1H3,(H,24,26). The average molecular weight is 373 g/mol. The monoisotopic (exact) mass is 373 g/mol. The van der Waals surface area contributed by atoms with Gasteiger partial charge in [0, 0.05) is 5.56 Å². The molecule has 0 aromatic heterocycles. The van der Waals surface area contributed by atoms with Gasteiger partial charge in [-0.3, -0.25) is 9.59 Å². The van der Waals surface area contributed by atoms with Crippen LogP contribution in [-0.2, 0) is 9.53 Å². The molecule has 5 heteroatoms. The zero-order chi connectivity index (χ0) is 19.9. The highest BCUT2D eigenvalue weighted by molar-refractivity contribution is 6.04. The van der Waals surface area contributed by atoms with Gasteiger partial charge in [-0.1, -0.05) is 54.6 Å². The van der Waals surface area contributed by atoms with Gasteiger partial charge >= 0.3 is 5.97 Å². The van der Waals surface area contributed by atoms with E-state index < -0.39 is 18.5 Å². The van der Waals surface area contributed by atoms with E-state index in [1.807, 2.05) is 42.5 Å². The number of ether oxygens (including phenoxy) is 1. The molecule has 140 valence electrons. The van der Waals surface area contributed by atoms with E-state index in [9.17, 15) is 14.4 Å². The Morgan fingerprint density at radius 1 is 0.786 bits per heavy atom. The first-order chi connectivity index (χ1) is 13.5. The van der Waals surface area contributed by atoms with Crippen molar-refractivity contribution < 1.29 is 19.1 Å². The lowest BCUT2D eigenvalue weighted by molar-refractivity contribution is -0.119. The molecule has 3 aromatic rings. The molecule has 0 atom stereocenters. The molecule has 0 radical (unpaired) electrons. The van der Waals surface area contributed by atoms with Crippen LogP contribution in [0.25, 0.3) is 11.1 Å². The lowest BCUT2D eigenvalue weighted by Gasteiger charge is -2.09. The maximum absolute atomic E-state index is 12.2. The van der Waals surface area contributed by atoms with Gasteiger partial charge in [0.05, 0.1) is 11.3 Å². The number of para-hydroxylation sites is 1. The van der Waals surface area contributed by atoms with Gasteiger partial charge in [0.15, 0.2) is 12.4 Å². The van der Waals surface area contributed by atoms with Gasteiger partial charge in [-0.25, -0.2) is 4.79 Å². The Balaban J connectivity index is 1.58. The molecule has 5 nitrogen and oxygen atoms in total. The van der Waals surface area contributed by atoms with Crippen molar-refractivity contribution in [2.75, 3.05) is 11.9 Å². The van der Waals surface area contributed by atoms with Crippen molar-refractivity contribution in [1.82, 2.24) is 0 Å². The maximum Gasteiger partial charge on any atom is 0.338 e. The van der Waals surface area contributed by atoms with Crippen molar-refractivity contribution in [1.29, 1.82) is 0 Å². The summed E-state index contributed by atoms with van der Waals surface area (Å²) in [4.78, 5) is 35.8. The number of ketones is 1. The Labute approximate surface area is 163 Å². The number of anilines is 1. The highest BCUT2D eigenvalue weighted by atomic mass is 16.5. The second kappa shape index (κ2) is 8.77. The highest BCUT2D eigenvalue weighted by Gasteiger charge is 2.13. The van der Waals surface area contributed by atoms with Crippen molar-refractivity contribution in [3.8, 4) is 11.1 Å². The number of amides is 1. The summed E-state index contributed by atoms with van der Waals surface area (Å²) in [6.45, 7) is 0.982. The van der Waals surface area contributed by atoms with E-state index in [0.29, 0.717) is 16.8 Å². The van der Waals surface area contributed by atoms with Crippen LogP contribution < -0.4 is 5.32 Å². The SMILES string of the molecule is CC(=O)c1ccccc1NC(=O)COC(=O)c1ccc(-c2ccccc2)cc1. The van der Waals surface area contributed by atoms with Crippen LogP contribution in [-0.4, -0.2) is 24.3 Å². The molecule has 0 heterocycles. The summed E-state index contributed by atoms with van der Waals surface area (Å²) in [5.41, 5.74) is 3.18. The molecule has 28 heavy (non-hydrogen) atoms. The Morgan fingerprint density at radius 2 is 1.39 bits per heavy atom. The molecule has 0 fully saturated rings. The average Bonchev–Trinajstić information content (AvgIpc) is 2.73. The lowest BCUT2D eigenvalue weighted by Crippen LogP contribution is -2.22. The van der Waals surface area contributed by atoms with Crippen LogP contribution in [0.1, 0.15) is 27.6 Å². The van der Waals surface area contributed by atoms with Gasteiger partial charge in [-0.2, -0.15) is 0 Å². The summed E-state index contributed by atoms with van der Waals surface area (Å²) in [7, 11) is 0. The number of hydrogen-bond donors (Lipinski definition) is 1. The molecule has 0 bridgehead atoms. The fourth-order valence-corrected chi connectivity index (χ4v) is 2.73. The van der Waals surface area contributed by atoms with Crippen molar-refractivity contribution in [3.05, 3.63) is 90.0 Å². The molecule has 0 saturated carbocycles. The Kier molecular flexibility index (Phi) is 5.97. The molecule has 0 aliphatic rings. The molecule has 1 N–H and O–H groups in total. The van der Waals surface area contributed by atoms with Crippen molar-refractivity contribution >= 4 is 23.3 Å². The van der Waals surface area contributed by atoms with Crippen LogP contribution in [0.3, 0.4) is 0 Å². The van der Waals surface area contributed by atoms with Gasteiger partial charge in [0.2, 0.25) is 0 Å². The molecule has 3 rings (SSSR count). The summed E-state index contributed by atoms with van der Waals surface area (Å²) in [5, 5.41) is 2.59. The predicted octanol–water partition coefficient (Wildman–Crippen LogP) is 4.35. The summed E-state index contributed by atoms with van der Waals surface area (Å²) in [6, 6.07) is 23.4. The number of hydrogen-bond acceptors (Lipinski definition) is 4. The van der Waals surface area contributed by atoms with E-state index in [0.717, 1.165) is 11.1 Å². The molecule has 0 saturated heterocycles. The minimum absolute atomic E-state index is 0.161. The van der Waals surface area contributed by atoms with E-state index in [2.05, 4.69) is 5.32 Å². The quantitative estimate of drug-likeness (QED) is 0.515. The summed E-state index contributed by atoms with van der Waals surface area (Å²) < 4.78 is 5.07. The molecule has 0 spiro atoms. The van der Waals surface area contributed by atoms with Gasteiger partial charge < -0.3 is 10.1 Å². The van der Waals surface area contributed by atoms with Crippen LogP contribution >= 0.6 is 0 Å². The first-order valence-electron chi connectivity index (χ1n) is 8.77. The smallest absolute Gasteiger partial charge is 0.338 e. The largest absolute Gasteiger partial charge is 0.452 e. The zero-order valence-corrected chi connectivity index (χ0v) is 15.3. The molecule has 0 aliphatic carbocycles. The normalized spacial score (nSPS) is 10.2. The van der Waals surface area contributed by atoms with Gasteiger partial charge in [0.1, 0.15) is 0 Å². The molecule has 3 aromatic carbocycles. The highest BCUT2D eigenvalue weighted by Crippen LogP contribution is 2.19. The minimum Gasteiger partial charge on any atom is -0.452 e. The Hall–Kier alpha value is -3.73. The molecular formula is C23H19NO4. The van der Waals surface area contributed by atoms with Crippen LogP contribution in [0.4, 0.5) is 5.69 Å². The van der Waals surface area contributed by atoms with E-state index in [4.69, 9.17) is 4.74 Å². The topological polar surface area (TPSA) is 72.5 Å². The first-order valence-corrected chi connectivity index (χ1v) is 8.77. The predicted molar refractivity (Wildman–Crippen MR) is 107 cm³/mol. The van der Waals surface area contributed by atoms with Crippen LogP contribution in [0.15, 0.2) is 78.9 Å². The Morgan fingerprint density at radius 3 is 2.07 bits per heavy atom. The molecule has 0 unspecified atom stereocenters. The van der Waals surface area contributed by atoms with Crippen molar-refractivity contribution in [3.63, 3.8) is 0 Å². The third-order valence-corrected chi connectivity index (χ3v) is 4.14. The molecular weight excluding hydrogens is 354 g/mol. The molecule has 0 aliphatic heterocycles. The van der Waals surface area contributed by atoms with Crippen molar-refractivity contribution in [2.24, 2.45) is 0 Å². The van der Waals surface area contributed by atoms with E-state index >= 15 is 0 Å². The van der Waals surface area contributed by atoms with E-state index in [1.54, 1.807) is 36.4 Å². The number of rotatable bonds is 6. The van der Waals surface area contributed by atoms with Gasteiger partial charge in [0.25, 0.3) is 5.91 Å². The second-order valence-electron chi connectivity index (χ2n) is 6.17. The van der Waals surface area contributed by atoms with Crippen LogP contribution in [0, 0.1) is 0 Å². The lowest BCUT2D eigenvalue weighted by atomic mass is 10.0. The number of esters is 1. The van der Waals surface area contributed by atoms with Crippen molar-refractivity contribution in [2.45, 2.75) is 6.92 Å². The fourth-order valence-electron chi connectivity index (χ4n) is 2.73. The number of carbonyl (C=O) groups excluding carboxylic acids is 3. The van der Waals surface area contributed by atoms with E-state index in [-0.39, 0.29) is 5.78 Å². The fraction of sp³-hybridized carbons (Fsp3) is 0.0870.